The quantitative estimate of drug-likeness (QED) is 0.678. The van der Waals surface area contributed by atoms with Crippen molar-refractivity contribution in [2.24, 2.45) is 0 Å². The molecule has 0 fully saturated rings. The van der Waals surface area contributed by atoms with Crippen molar-refractivity contribution in [2.45, 2.75) is 24.8 Å². The molecule has 0 unspecified atom stereocenters. The lowest BCUT2D eigenvalue weighted by molar-refractivity contribution is -0.118. The van der Waals surface area contributed by atoms with Gasteiger partial charge in [-0.3, -0.25) is 4.79 Å². The number of sulfonamides is 1. The highest BCUT2D eigenvalue weighted by molar-refractivity contribution is 7.89. The van der Waals surface area contributed by atoms with Crippen molar-refractivity contribution in [1.82, 2.24) is 4.31 Å². The van der Waals surface area contributed by atoms with Crippen molar-refractivity contribution in [3.05, 3.63) is 48.0 Å². The molecule has 8 nitrogen and oxygen atoms in total. The standard InChI is InChI=1S/C20H24N2O6S/c1-3-22(4-2)29(25,26)16-7-5-6-14(10-16)21-20(24)13-27-15-8-9-17-18(23)12-28-19(17)11-15/h5-11,18,23H,3-4,12-13H2,1-2H3,(H,21,24)/t18-/m0/s1. The van der Waals surface area contributed by atoms with Crippen LogP contribution in [-0.2, 0) is 14.8 Å². The van der Waals surface area contributed by atoms with Gasteiger partial charge in [-0.25, -0.2) is 8.42 Å². The number of hydrogen-bond acceptors (Lipinski definition) is 6. The highest BCUT2D eigenvalue weighted by Crippen LogP contribution is 2.35. The van der Waals surface area contributed by atoms with E-state index < -0.39 is 22.0 Å². The number of benzene rings is 2. The van der Waals surface area contributed by atoms with Crippen LogP contribution >= 0.6 is 0 Å². The van der Waals surface area contributed by atoms with E-state index in [0.717, 1.165) is 0 Å². The van der Waals surface area contributed by atoms with E-state index in [1.54, 1.807) is 44.2 Å². The Morgan fingerprint density at radius 3 is 2.72 bits per heavy atom. The second-order valence-electron chi connectivity index (χ2n) is 6.48. The lowest BCUT2D eigenvalue weighted by Crippen LogP contribution is -2.30. The number of rotatable bonds is 8. The average Bonchev–Trinajstić information content (AvgIpc) is 3.07. The molecule has 1 amide bonds. The molecule has 1 atom stereocenters. The predicted octanol–water partition coefficient (Wildman–Crippen LogP) is 2.16. The van der Waals surface area contributed by atoms with E-state index in [9.17, 15) is 18.3 Å². The Labute approximate surface area is 170 Å². The van der Waals surface area contributed by atoms with E-state index >= 15 is 0 Å². The fraction of sp³-hybridized carbons (Fsp3) is 0.350. The molecule has 1 aliphatic rings. The van der Waals surface area contributed by atoms with Crippen LogP contribution in [0.3, 0.4) is 0 Å². The van der Waals surface area contributed by atoms with Gasteiger partial charge in [-0.2, -0.15) is 4.31 Å². The van der Waals surface area contributed by atoms with Gasteiger partial charge in [0.1, 0.15) is 24.2 Å². The number of nitrogens with zero attached hydrogens (tertiary/aromatic N) is 1. The van der Waals surface area contributed by atoms with Gasteiger partial charge in [-0.05, 0) is 30.3 Å². The van der Waals surface area contributed by atoms with E-state index in [0.29, 0.717) is 35.8 Å². The average molecular weight is 420 g/mol. The minimum Gasteiger partial charge on any atom is -0.490 e. The molecule has 0 aromatic heterocycles. The van der Waals surface area contributed by atoms with Crippen molar-refractivity contribution in [3.63, 3.8) is 0 Å². The molecule has 9 heteroatoms. The Bertz CT molecular complexity index is 988. The van der Waals surface area contributed by atoms with Crippen molar-refractivity contribution >= 4 is 21.6 Å². The van der Waals surface area contributed by atoms with Crippen LogP contribution in [0.2, 0.25) is 0 Å². The Kier molecular flexibility index (Phi) is 6.41. The van der Waals surface area contributed by atoms with Crippen LogP contribution in [0.15, 0.2) is 47.4 Å². The molecule has 1 heterocycles. The lowest BCUT2D eigenvalue weighted by Gasteiger charge is -2.18. The molecule has 3 rings (SSSR count). The van der Waals surface area contributed by atoms with Crippen molar-refractivity contribution < 1.29 is 27.8 Å². The molecule has 0 saturated carbocycles. The highest BCUT2D eigenvalue weighted by atomic mass is 32.2. The minimum atomic E-state index is -3.61. The lowest BCUT2D eigenvalue weighted by atomic mass is 10.1. The van der Waals surface area contributed by atoms with Crippen molar-refractivity contribution in [3.8, 4) is 11.5 Å². The molecule has 0 radical (unpaired) electrons. The zero-order chi connectivity index (χ0) is 21.0. The van der Waals surface area contributed by atoms with Crippen LogP contribution in [-0.4, -0.2) is 50.0 Å². The Morgan fingerprint density at radius 1 is 1.24 bits per heavy atom. The summed E-state index contributed by atoms with van der Waals surface area (Å²) in [6, 6.07) is 11.1. The third kappa shape index (κ3) is 4.69. The van der Waals surface area contributed by atoms with Gasteiger partial charge in [0, 0.05) is 30.4 Å². The first-order valence-electron chi connectivity index (χ1n) is 9.32. The number of carbonyl (C=O) groups excluding carboxylic acids is 1. The summed E-state index contributed by atoms with van der Waals surface area (Å²) < 4.78 is 37.4. The molecule has 29 heavy (non-hydrogen) atoms. The molecule has 2 aromatic carbocycles. The van der Waals surface area contributed by atoms with E-state index in [1.165, 1.54) is 16.4 Å². The van der Waals surface area contributed by atoms with Gasteiger partial charge in [-0.15, -0.1) is 0 Å². The molecule has 0 aliphatic carbocycles. The van der Waals surface area contributed by atoms with Gasteiger partial charge < -0.3 is 19.9 Å². The van der Waals surface area contributed by atoms with Crippen LogP contribution in [0.4, 0.5) is 5.69 Å². The normalized spacial score (nSPS) is 15.7. The summed E-state index contributed by atoms with van der Waals surface area (Å²) in [5.74, 6) is 0.541. The van der Waals surface area contributed by atoms with Gasteiger partial charge in [0.2, 0.25) is 10.0 Å². The second-order valence-corrected chi connectivity index (χ2v) is 8.42. The minimum absolute atomic E-state index is 0.120. The molecule has 2 aromatic rings. The molecule has 0 saturated heterocycles. The number of aliphatic hydroxyl groups is 1. The molecule has 0 spiro atoms. The molecule has 1 aliphatic heterocycles. The SMILES string of the molecule is CCN(CC)S(=O)(=O)c1cccc(NC(=O)COc2ccc3c(c2)OC[C@@H]3O)c1. The van der Waals surface area contributed by atoms with Crippen molar-refractivity contribution in [2.75, 3.05) is 31.6 Å². The molecular weight excluding hydrogens is 396 g/mol. The van der Waals surface area contributed by atoms with Crippen LogP contribution in [0.5, 0.6) is 11.5 Å². The van der Waals surface area contributed by atoms with Gasteiger partial charge in [0.15, 0.2) is 6.61 Å². The summed E-state index contributed by atoms with van der Waals surface area (Å²) in [4.78, 5) is 12.3. The summed E-state index contributed by atoms with van der Waals surface area (Å²) in [5.41, 5.74) is 1.06. The van der Waals surface area contributed by atoms with Crippen molar-refractivity contribution in [1.29, 1.82) is 0 Å². The van der Waals surface area contributed by atoms with Crippen LogP contribution in [0, 0.1) is 0 Å². The summed E-state index contributed by atoms with van der Waals surface area (Å²) in [5, 5.41) is 12.4. The fourth-order valence-electron chi connectivity index (χ4n) is 3.06. The third-order valence-electron chi connectivity index (χ3n) is 4.57. The summed E-state index contributed by atoms with van der Waals surface area (Å²) in [6.45, 7) is 4.22. The first-order valence-corrected chi connectivity index (χ1v) is 10.8. The first kappa shape index (κ1) is 21.1. The third-order valence-corrected chi connectivity index (χ3v) is 6.62. The van der Waals surface area contributed by atoms with E-state index in [1.807, 2.05) is 0 Å². The van der Waals surface area contributed by atoms with Gasteiger partial charge in [0.25, 0.3) is 5.91 Å². The molecule has 2 N–H and O–H groups in total. The summed E-state index contributed by atoms with van der Waals surface area (Å²) >= 11 is 0. The second kappa shape index (κ2) is 8.81. The topological polar surface area (TPSA) is 105 Å². The Balaban J connectivity index is 1.63. The van der Waals surface area contributed by atoms with Gasteiger partial charge >= 0.3 is 0 Å². The number of fused-ring (bicyclic) bond motifs is 1. The highest BCUT2D eigenvalue weighted by Gasteiger charge is 2.23. The van der Waals surface area contributed by atoms with Crippen LogP contribution in [0.25, 0.3) is 0 Å². The molecule has 156 valence electrons. The smallest absolute Gasteiger partial charge is 0.262 e. The van der Waals surface area contributed by atoms with Crippen LogP contribution in [0.1, 0.15) is 25.5 Å². The van der Waals surface area contributed by atoms with E-state index in [2.05, 4.69) is 5.32 Å². The first-order chi connectivity index (χ1) is 13.8. The summed E-state index contributed by atoms with van der Waals surface area (Å²) in [7, 11) is -3.61. The number of amides is 1. The van der Waals surface area contributed by atoms with Gasteiger partial charge in [-0.1, -0.05) is 19.9 Å². The zero-order valence-electron chi connectivity index (χ0n) is 16.3. The maximum absolute atomic E-state index is 12.6. The van der Waals surface area contributed by atoms with E-state index in [-0.39, 0.29) is 18.1 Å². The Hall–Kier alpha value is -2.62. The maximum Gasteiger partial charge on any atom is 0.262 e. The number of aliphatic hydroxyl groups excluding tert-OH is 1. The zero-order valence-corrected chi connectivity index (χ0v) is 17.1. The Morgan fingerprint density at radius 2 is 2.00 bits per heavy atom. The monoisotopic (exact) mass is 420 g/mol. The number of nitrogens with one attached hydrogen (secondary N) is 1. The number of anilines is 1. The molecular formula is C20H24N2O6S. The van der Waals surface area contributed by atoms with Crippen LogP contribution < -0.4 is 14.8 Å². The predicted molar refractivity (Wildman–Crippen MR) is 108 cm³/mol. The maximum atomic E-state index is 12.6. The summed E-state index contributed by atoms with van der Waals surface area (Å²) in [6.07, 6.45) is -0.651. The van der Waals surface area contributed by atoms with E-state index in [4.69, 9.17) is 9.47 Å². The van der Waals surface area contributed by atoms with Gasteiger partial charge in [0.05, 0.1) is 4.90 Å². The number of hydrogen-bond donors (Lipinski definition) is 2. The number of ether oxygens (including phenoxy) is 2. The number of carbonyl (C=O) groups is 1. The molecule has 0 bridgehead atoms. The fourth-order valence-corrected chi connectivity index (χ4v) is 4.56. The largest absolute Gasteiger partial charge is 0.490 e.